The van der Waals surface area contributed by atoms with Crippen molar-refractivity contribution in [1.82, 2.24) is 4.90 Å². The number of halogens is 2. The summed E-state index contributed by atoms with van der Waals surface area (Å²) in [4.78, 5) is 36.0. The molecule has 1 aliphatic rings. The number of hydrogen-bond acceptors (Lipinski definition) is 5. The lowest BCUT2D eigenvalue weighted by Crippen LogP contribution is -2.36. The molecule has 2 N–H and O–H groups in total. The third-order valence-corrected chi connectivity index (χ3v) is 5.32. The Kier molecular flexibility index (Phi) is 6.53. The molecule has 1 heterocycles. The highest BCUT2D eigenvalue weighted by atomic mass is 127. The number of thioether (sulfide) groups is 1. The number of carbonyl (C=O) groups is 3. The van der Waals surface area contributed by atoms with Gasteiger partial charge < -0.3 is 10.5 Å². The highest BCUT2D eigenvalue weighted by Crippen LogP contribution is 2.34. The number of primary amides is 1. The summed E-state index contributed by atoms with van der Waals surface area (Å²) in [6.07, 6.45) is 6.79. The first-order valence-corrected chi connectivity index (χ1v) is 9.40. The van der Waals surface area contributed by atoms with Gasteiger partial charge in [-0.05, 0) is 80.7 Å². The molecule has 2 rings (SSSR count). The van der Waals surface area contributed by atoms with E-state index in [1.165, 1.54) is 0 Å². The Bertz CT molecular complexity index is 778. The Balaban J connectivity index is 2.29. The quantitative estimate of drug-likeness (QED) is 0.335. The second-order valence-corrected chi connectivity index (χ2v) is 7.86. The monoisotopic (exact) mass is 568 g/mol. The van der Waals surface area contributed by atoms with E-state index in [1.807, 2.05) is 12.1 Å². The summed E-state index contributed by atoms with van der Waals surface area (Å²) in [6, 6.07) is 3.63. The van der Waals surface area contributed by atoms with Gasteiger partial charge in [0.1, 0.15) is 18.9 Å². The summed E-state index contributed by atoms with van der Waals surface area (Å²) < 4.78 is 7.14. The van der Waals surface area contributed by atoms with Crippen LogP contribution in [0.4, 0.5) is 4.79 Å². The van der Waals surface area contributed by atoms with Crippen molar-refractivity contribution in [2.24, 2.45) is 5.73 Å². The van der Waals surface area contributed by atoms with Crippen LogP contribution in [0.2, 0.25) is 0 Å². The van der Waals surface area contributed by atoms with E-state index in [0.717, 1.165) is 29.4 Å². The van der Waals surface area contributed by atoms with E-state index in [0.29, 0.717) is 5.75 Å². The number of benzene rings is 1. The summed E-state index contributed by atoms with van der Waals surface area (Å²) in [5, 5.41) is -0.511. The van der Waals surface area contributed by atoms with Crippen molar-refractivity contribution in [2.45, 2.75) is 0 Å². The topological polar surface area (TPSA) is 89.7 Å². The molecule has 0 saturated carbocycles. The molecule has 0 radical (unpaired) electrons. The van der Waals surface area contributed by atoms with Crippen LogP contribution in [0.15, 0.2) is 17.0 Å². The number of rotatable bonds is 5. The Morgan fingerprint density at radius 3 is 2.54 bits per heavy atom. The van der Waals surface area contributed by atoms with Crippen molar-refractivity contribution < 1.29 is 19.1 Å². The maximum Gasteiger partial charge on any atom is 0.294 e. The standard InChI is InChI=1S/C15H10I2N2O4S/c1-2-3-23-13-9(16)4-8(5-10(13)17)6-11-14(21)19(7-12(18)20)15(22)24-11/h1,4-6H,3,7H2,(H2,18,20)/b11-6-. The zero-order valence-corrected chi connectivity index (χ0v) is 17.2. The second kappa shape index (κ2) is 8.21. The molecule has 1 aromatic carbocycles. The van der Waals surface area contributed by atoms with Crippen molar-refractivity contribution in [2.75, 3.05) is 13.2 Å². The predicted molar refractivity (Wildman–Crippen MR) is 108 cm³/mol. The third-order valence-electron chi connectivity index (χ3n) is 2.81. The molecule has 0 spiro atoms. The summed E-state index contributed by atoms with van der Waals surface area (Å²) in [7, 11) is 0. The molecule has 1 aliphatic heterocycles. The molecular weight excluding hydrogens is 558 g/mol. The SMILES string of the molecule is C#CCOc1c(I)cc(/C=C2\SC(=O)N(CC(N)=O)C2=O)cc1I. The summed E-state index contributed by atoms with van der Waals surface area (Å²) in [5.41, 5.74) is 5.78. The van der Waals surface area contributed by atoms with E-state index in [2.05, 4.69) is 51.1 Å². The number of ether oxygens (including phenoxy) is 1. The minimum Gasteiger partial charge on any atom is -0.479 e. The lowest BCUT2D eigenvalue weighted by molar-refractivity contribution is -0.127. The van der Waals surface area contributed by atoms with Crippen LogP contribution in [0.1, 0.15) is 5.56 Å². The molecule has 1 aromatic rings. The number of hydrogen-bond donors (Lipinski definition) is 1. The normalized spacial score (nSPS) is 15.7. The first-order valence-electron chi connectivity index (χ1n) is 6.42. The first kappa shape index (κ1) is 19.1. The molecule has 24 heavy (non-hydrogen) atoms. The Hall–Kier alpha value is -1.26. The van der Waals surface area contributed by atoms with E-state index in [9.17, 15) is 14.4 Å². The number of terminal acetylenes is 1. The van der Waals surface area contributed by atoms with Crippen LogP contribution >= 0.6 is 56.9 Å². The maximum absolute atomic E-state index is 12.2. The van der Waals surface area contributed by atoms with E-state index >= 15 is 0 Å². The van der Waals surface area contributed by atoms with Crippen LogP contribution < -0.4 is 10.5 Å². The van der Waals surface area contributed by atoms with Crippen molar-refractivity contribution >= 4 is 80.1 Å². The van der Waals surface area contributed by atoms with Gasteiger partial charge in [0, 0.05) is 0 Å². The number of amides is 3. The molecule has 3 amide bonds. The van der Waals surface area contributed by atoms with Crippen molar-refractivity contribution in [1.29, 1.82) is 0 Å². The molecule has 0 unspecified atom stereocenters. The van der Waals surface area contributed by atoms with Crippen LogP contribution in [0.5, 0.6) is 5.75 Å². The zero-order chi connectivity index (χ0) is 17.9. The van der Waals surface area contributed by atoms with Gasteiger partial charge >= 0.3 is 0 Å². The van der Waals surface area contributed by atoms with Gasteiger partial charge in [0.15, 0.2) is 0 Å². The van der Waals surface area contributed by atoms with Crippen LogP contribution in [0.3, 0.4) is 0 Å². The van der Waals surface area contributed by atoms with Gasteiger partial charge in [-0.25, -0.2) is 0 Å². The second-order valence-electron chi connectivity index (χ2n) is 4.54. The molecule has 0 aromatic heterocycles. The average molecular weight is 568 g/mol. The third kappa shape index (κ3) is 4.42. The Morgan fingerprint density at radius 1 is 1.38 bits per heavy atom. The van der Waals surface area contributed by atoms with Gasteiger partial charge in [-0.3, -0.25) is 19.3 Å². The fraction of sp³-hybridized carbons (Fsp3) is 0.133. The fourth-order valence-electron chi connectivity index (χ4n) is 1.86. The van der Waals surface area contributed by atoms with Crippen molar-refractivity contribution in [3.63, 3.8) is 0 Å². The molecule has 0 atom stereocenters. The summed E-state index contributed by atoms with van der Waals surface area (Å²) in [6.45, 7) is -0.257. The van der Waals surface area contributed by atoms with E-state index < -0.39 is 23.6 Å². The fourth-order valence-corrected chi connectivity index (χ4v) is 4.82. The molecule has 9 heteroatoms. The molecule has 1 saturated heterocycles. The van der Waals surface area contributed by atoms with Crippen LogP contribution in [0.25, 0.3) is 6.08 Å². The Morgan fingerprint density at radius 2 is 2.00 bits per heavy atom. The minimum absolute atomic E-state index is 0.164. The lowest BCUT2D eigenvalue weighted by atomic mass is 10.2. The number of nitrogens with zero attached hydrogens (tertiary/aromatic N) is 1. The highest BCUT2D eigenvalue weighted by Gasteiger charge is 2.35. The van der Waals surface area contributed by atoms with E-state index in [-0.39, 0.29) is 11.5 Å². The molecular formula is C15H10I2N2O4S. The lowest BCUT2D eigenvalue weighted by Gasteiger charge is -2.10. The summed E-state index contributed by atoms with van der Waals surface area (Å²) >= 11 is 5.00. The number of imide groups is 1. The largest absolute Gasteiger partial charge is 0.479 e. The molecule has 124 valence electrons. The van der Waals surface area contributed by atoms with Crippen LogP contribution in [-0.2, 0) is 9.59 Å². The molecule has 1 fully saturated rings. The molecule has 6 nitrogen and oxygen atoms in total. The summed E-state index contributed by atoms with van der Waals surface area (Å²) in [5.74, 6) is 1.81. The predicted octanol–water partition coefficient (Wildman–Crippen LogP) is 2.43. The minimum atomic E-state index is -0.738. The zero-order valence-electron chi connectivity index (χ0n) is 12.0. The number of carbonyl (C=O) groups excluding carboxylic acids is 3. The first-order chi connectivity index (χ1) is 11.3. The highest BCUT2D eigenvalue weighted by molar-refractivity contribution is 14.1. The van der Waals surface area contributed by atoms with Crippen molar-refractivity contribution in [3.05, 3.63) is 29.7 Å². The smallest absolute Gasteiger partial charge is 0.294 e. The van der Waals surface area contributed by atoms with Gasteiger partial charge in [0.25, 0.3) is 11.1 Å². The van der Waals surface area contributed by atoms with Crippen molar-refractivity contribution in [3.8, 4) is 18.1 Å². The van der Waals surface area contributed by atoms with Gasteiger partial charge in [0.2, 0.25) is 5.91 Å². The van der Waals surface area contributed by atoms with Gasteiger partial charge in [-0.1, -0.05) is 5.92 Å². The Labute approximate surface area is 169 Å². The molecule has 0 aliphatic carbocycles. The maximum atomic E-state index is 12.2. The average Bonchev–Trinajstić information content (AvgIpc) is 2.74. The van der Waals surface area contributed by atoms with E-state index in [1.54, 1.807) is 6.08 Å². The van der Waals surface area contributed by atoms with Crippen LogP contribution in [0, 0.1) is 19.5 Å². The van der Waals surface area contributed by atoms with Gasteiger partial charge in [-0.15, -0.1) is 6.42 Å². The molecule has 0 bridgehead atoms. The van der Waals surface area contributed by atoms with E-state index in [4.69, 9.17) is 16.9 Å². The van der Waals surface area contributed by atoms with Crippen LogP contribution in [-0.4, -0.2) is 35.1 Å². The van der Waals surface area contributed by atoms with Gasteiger partial charge in [0.05, 0.1) is 12.0 Å². The van der Waals surface area contributed by atoms with Gasteiger partial charge in [-0.2, -0.15) is 0 Å². The number of nitrogens with two attached hydrogens (primary N) is 1.